The fourth-order valence-electron chi connectivity index (χ4n) is 3.03. The third-order valence-electron chi connectivity index (χ3n) is 4.84. The van der Waals surface area contributed by atoms with Gasteiger partial charge in [-0.1, -0.05) is 11.2 Å². The summed E-state index contributed by atoms with van der Waals surface area (Å²) in [4.78, 5) is 12.1. The predicted octanol–water partition coefficient (Wildman–Crippen LogP) is 5.47. The molecule has 6 nitrogen and oxygen atoms in total. The van der Waals surface area contributed by atoms with Crippen LogP contribution in [0.15, 0.2) is 47.0 Å². The van der Waals surface area contributed by atoms with Crippen molar-refractivity contribution >= 4 is 12.0 Å². The lowest BCUT2D eigenvalue weighted by Gasteiger charge is -2.13. The summed E-state index contributed by atoms with van der Waals surface area (Å²) >= 11 is 0. The van der Waals surface area contributed by atoms with Crippen molar-refractivity contribution in [1.82, 2.24) is 5.16 Å². The second kappa shape index (κ2) is 10.1. The number of nitrogens with zero attached hydrogens (tertiary/aromatic N) is 1. The van der Waals surface area contributed by atoms with Crippen LogP contribution in [-0.4, -0.2) is 18.2 Å². The first-order chi connectivity index (χ1) is 15.3. The van der Waals surface area contributed by atoms with Gasteiger partial charge in [0, 0.05) is 11.6 Å². The molecule has 2 aromatic carbocycles. The Morgan fingerprint density at radius 3 is 2.62 bits per heavy atom. The summed E-state index contributed by atoms with van der Waals surface area (Å²) in [6, 6.07) is 8.15. The zero-order valence-electron chi connectivity index (χ0n) is 18.1. The number of hydrogen-bond donors (Lipinski definition) is 0. The zero-order valence-corrected chi connectivity index (χ0v) is 18.1. The molecule has 0 N–H and O–H groups in total. The molecular weight excluding hydrogens is 420 g/mol. The average Bonchev–Trinajstić information content (AvgIpc) is 3.09. The molecule has 0 aliphatic rings. The molecule has 0 saturated carbocycles. The van der Waals surface area contributed by atoms with Gasteiger partial charge in [0.15, 0.2) is 11.5 Å². The van der Waals surface area contributed by atoms with Crippen LogP contribution in [0.1, 0.15) is 41.2 Å². The van der Waals surface area contributed by atoms with Crippen molar-refractivity contribution in [3.05, 3.63) is 82.3 Å². The summed E-state index contributed by atoms with van der Waals surface area (Å²) in [6.07, 6.45) is 1.78. The van der Waals surface area contributed by atoms with E-state index in [1.165, 1.54) is 26.2 Å². The van der Waals surface area contributed by atoms with Gasteiger partial charge in [0.25, 0.3) is 0 Å². The third kappa shape index (κ3) is 5.51. The molecule has 8 heteroatoms. The van der Waals surface area contributed by atoms with Crippen molar-refractivity contribution in [3.8, 4) is 11.5 Å². The number of esters is 1. The van der Waals surface area contributed by atoms with Gasteiger partial charge >= 0.3 is 5.97 Å². The predicted molar refractivity (Wildman–Crippen MR) is 113 cm³/mol. The molecule has 0 bridgehead atoms. The van der Waals surface area contributed by atoms with Crippen LogP contribution in [0.5, 0.6) is 11.5 Å². The minimum atomic E-state index is -0.947. The smallest absolute Gasteiger partial charge is 0.331 e. The van der Waals surface area contributed by atoms with Gasteiger partial charge in [-0.05, 0) is 62.7 Å². The van der Waals surface area contributed by atoms with E-state index >= 15 is 0 Å². The van der Waals surface area contributed by atoms with Gasteiger partial charge in [-0.2, -0.15) is 0 Å². The minimum Gasteiger partial charge on any atom is -0.493 e. The number of carbonyl (C=O) groups excluding carboxylic acids is 1. The average molecular weight is 443 g/mol. The van der Waals surface area contributed by atoms with Gasteiger partial charge in [-0.25, -0.2) is 13.6 Å². The maximum atomic E-state index is 13.8. The van der Waals surface area contributed by atoms with E-state index in [2.05, 4.69) is 5.16 Å². The molecule has 0 amide bonds. The molecule has 0 aliphatic heterocycles. The van der Waals surface area contributed by atoms with E-state index in [0.29, 0.717) is 22.8 Å². The van der Waals surface area contributed by atoms with E-state index in [1.54, 1.807) is 18.2 Å². The highest BCUT2D eigenvalue weighted by atomic mass is 19.1. The lowest BCUT2D eigenvalue weighted by atomic mass is 10.1. The number of aromatic nitrogens is 1. The lowest BCUT2D eigenvalue weighted by Crippen LogP contribution is -2.08. The first-order valence-corrected chi connectivity index (χ1v) is 9.84. The molecular formula is C24H23F2NO5. The standard InChI is InChI=1S/C24H23F2NO5/c1-14-20(16(3)32-27-14)13-30-22-9-5-17(11-23(22)29-4)6-10-24(28)31-15(2)19-12-18(25)7-8-21(19)26/h5-12,15H,13H2,1-4H3. The molecule has 0 spiro atoms. The molecule has 1 atom stereocenters. The Balaban J connectivity index is 1.65. The Hall–Kier alpha value is -3.68. The van der Waals surface area contributed by atoms with Crippen LogP contribution in [-0.2, 0) is 16.1 Å². The summed E-state index contributed by atoms with van der Waals surface area (Å²) in [5.41, 5.74) is 2.25. The Labute approximate surface area is 184 Å². The van der Waals surface area contributed by atoms with Crippen LogP contribution in [0, 0.1) is 25.5 Å². The lowest BCUT2D eigenvalue weighted by molar-refractivity contribution is -0.142. The van der Waals surface area contributed by atoms with E-state index in [-0.39, 0.29) is 12.2 Å². The molecule has 1 aromatic heterocycles. The maximum Gasteiger partial charge on any atom is 0.331 e. The summed E-state index contributed by atoms with van der Waals surface area (Å²) in [6.45, 7) is 5.39. The highest BCUT2D eigenvalue weighted by molar-refractivity contribution is 5.87. The number of ether oxygens (including phenoxy) is 3. The number of hydrogen-bond acceptors (Lipinski definition) is 6. The Morgan fingerprint density at radius 1 is 1.16 bits per heavy atom. The SMILES string of the molecule is COc1cc(C=CC(=O)OC(C)c2cc(F)ccc2F)ccc1OCc1c(C)noc1C. The van der Waals surface area contributed by atoms with Gasteiger partial charge in [0.2, 0.25) is 0 Å². The van der Waals surface area contributed by atoms with Gasteiger partial charge in [0.05, 0.1) is 18.4 Å². The monoisotopic (exact) mass is 443 g/mol. The van der Waals surface area contributed by atoms with Crippen LogP contribution >= 0.6 is 0 Å². The molecule has 3 rings (SSSR count). The quantitative estimate of drug-likeness (QED) is 0.339. The number of aryl methyl sites for hydroxylation is 2. The number of rotatable bonds is 8. The summed E-state index contributed by atoms with van der Waals surface area (Å²) in [5, 5.41) is 3.90. The van der Waals surface area contributed by atoms with E-state index < -0.39 is 23.7 Å². The van der Waals surface area contributed by atoms with Crippen LogP contribution in [0.25, 0.3) is 6.08 Å². The van der Waals surface area contributed by atoms with Crippen molar-refractivity contribution < 1.29 is 32.3 Å². The Bertz CT molecular complexity index is 1120. The molecule has 0 saturated heterocycles. The van der Waals surface area contributed by atoms with E-state index in [4.69, 9.17) is 18.7 Å². The summed E-state index contributed by atoms with van der Waals surface area (Å²) in [5.74, 6) is -0.271. The first-order valence-electron chi connectivity index (χ1n) is 9.84. The first kappa shape index (κ1) is 23.0. The maximum absolute atomic E-state index is 13.8. The molecule has 168 valence electrons. The highest BCUT2D eigenvalue weighted by Gasteiger charge is 2.16. The van der Waals surface area contributed by atoms with E-state index in [1.807, 2.05) is 13.8 Å². The number of halogens is 2. The molecule has 1 unspecified atom stereocenters. The molecule has 0 aliphatic carbocycles. The second-order valence-electron chi connectivity index (χ2n) is 7.08. The fourth-order valence-corrected chi connectivity index (χ4v) is 3.03. The normalized spacial score (nSPS) is 12.1. The van der Waals surface area contributed by atoms with E-state index in [9.17, 15) is 13.6 Å². The fraction of sp³-hybridized carbons (Fsp3) is 0.250. The molecule has 0 radical (unpaired) electrons. The van der Waals surface area contributed by atoms with Crippen molar-refractivity contribution in [2.45, 2.75) is 33.5 Å². The van der Waals surface area contributed by atoms with Gasteiger partial charge < -0.3 is 18.7 Å². The topological polar surface area (TPSA) is 70.8 Å². The van der Waals surface area contributed by atoms with E-state index in [0.717, 1.165) is 29.5 Å². The van der Waals surface area contributed by atoms with Crippen LogP contribution in [0.4, 0.5) is 8.78 Å². The van der Waals surface area contributed by atoms with Gasteiger partial charge in [-0.15, -0.1) is 0 Å². The molecule has 0 fully saturated rings. The second-order valence-corrected chi connectivity index (χ2v) is 7.08. The van der Waals surface area contributed by atoms with Crippen molar-refractivity contribution in [2.24, 2.45) is 0 Å². The van der Waals surface area contributed by atoms with Crippen LogP contribution < -0.4 is 9.47 Å². The Kier molecular flexibility index (Phi) is 7.25. The third-order valence-corrected chi connectivity index (χ3v) is 4.84. The van der Waals surface area contributed by atoms with Gasteiger partial charge in [0.1, 0.15) is 30.1 Å². The van der Waals surface area contributed by atoms with Crippen molar-refractivity contribution in [2.75, 3.05) is 7.11 Å². The molecule has 32 heavy (non-hydrogen) atoms. The number of benzene rings is 2. The summed E-state index contributed by atoms with van der Waals surface area (Å²) in [7, 11) is 1.51. The Morgan fingerprint density at radius 2 is 1.94 bits per heavy atom. The summed E-state index contributed by atoms with van der Waals surface area (Å²) < 4.78 is 48.7. The number of methoxy groups -OCH3 is 1. The molecule has 3 aromatic rings. The van der Waals surface area contributed by atoms with Gasteiger partial charge in [-0.3, -0.25) is 0 Å². The van der Waals surface area contributed by atoms with Crippen molar-refractivity contribution in [3.63, 3.8) is 0 Å². The van der Waals surface area contributed by atoms with Crippen LogP contribution in [0.2, 0.25) is 0 Å². The molecule has 1 heterocycles. The highest BCUT2D eigenvalue weighted by Crippen LogP contribution is 2.30. The van der Waals surface area contributed by atoms with Crippen molar-refractivity contribution in [1.29, 1.82) is 0 Å². The van der Waals surface area contributed by atoms with Crippen LogP contribution in [0.3, 0.4) is 0 Å². The largest absolute Gasteiger partial charge is 0.493 e. The number of carbonyl (C=O) groups is 1. The minimum absolute atomic E-state index is 0.0341. The zero-order chi connectivity index (χ0) is 23.3.